The summed E-state index contributed by atoms with van der Waals surface area (Å²) in [4.78, 5) is 0.197. The summed E-state index contributed by atoms with van der Waals surface area (Å²) in [5, 5.41) is 0.610. The Morgan fingerprint density at radius 2 is 1.90 bits per heavy atom. The Balaban J connectivity index is 1.94. The summed E-state index contributed by atoms with van der Waals surface area (Å²) in [6.45, 7) is 0.839. The fourth-order valence-corrected chi connectivity index (χ4v) is 5.19. The molecular formula is C14H17Cl2NO3S. The molecule has 4 nitrogen and oxygen atoms in total. The number of fused-ring (bicyclic) bond motifs is 1. The van der Waals surface area contributed by atoms with Crippen molar-refractivity contribution in [2.24, 2.45) is 0 Å². The van der Waals surface area contributed by atoms with E-state index in [0.717, 1.165) is 25.7 Å². The minimum absolute atomic E-state index is 0.0186. The third-order valence-corrected chi connectivity index (χ3v) is 6.84. The lowest BCUT2D eigenvalue weighted by atomic mass is 9.91. The van der Waals surface area contributed by atoms with E-state index in [1.807, 2.05) is 0 Å². The first-order valence-corrected chi connectivity index (χ1v) is 9.28. The Morgan fingerprint density at radius 1 is 1.14 bits per heavy atom. The van der Waals surface area contributed by atoms with Crippen LogP contribution in [0.3, 0.4) is 0 Å². The zero-order valence-electron chi connectivity index (χ0n) is 11.5. The van der Waals surface area contributed by atoms with Crippen LogP contribution in [0.25, 0.3) is 0 Å². The summed E-state index contributed by atoms with van der Waals surface area (Å²) in [6.07, 6.45) is 3.94. The highest BCUT2D eigenvalue weighted by Crippen LogP contribution is 2.33. The first-order valence-electron chi connectivity index (χ1n) is 7.08. The predicted molar refractivity (Wildman–Crippen MR) is 82.3 cm³/mol. The van der Waals surface area contributed by atoms with Crippen LogP contribution in [0.1, 0.15) is 25.7 Å². The topological polar surface area (TPSA) is 46.6 Å². The molecule has 3 rings (SSSR count). The number of hydrogen-bond acceptors (Lipinski definition) is 3. The van der Waals surface area contributed by atoms with Gasteiger partial charge in [-0.3, -0.25) is 0 Å². The number of ether oxygens (including phenoxy) is 1. The van der Waals surface area contributed by atoms with Crippen LogP contribution in [-0.2, 0) is 14.8 Å². The number of morpholine rings is 1. The smallest absolute Gasteiger partial charge is 0.243 e. The van der Waals surface area contributed by atoms with Crippen molar-refractivity contribution in [2.75, 3.05) is 13.2 Å². The van der Waals surface area contributed by atoms with Gasteiger partial charge in [-0.2, -0.15) is 4.31 Å². The number of nitrogens with zero attached hydrogens (tertiary/aromatic N) is 1. The minimum atomic E-state index is -3.56. The van der Waals surface area contributed by atoms with Crippen LogP contribution in [0.2, 0.25) is 10.0 Å². The maximum Gasteiger partial charge on any atom is 0.243 e. The van der Waals surface area contributed by atoms with Crippen LogP contribution in [0.4, 0.5) is 0 Å². The molecule has 2 unspecified atom stereocenters. The molecule has 1 aliphatic heterocycles. The average molecular weight is 350 g/mol. The molecule has 0 N–H and O–H groups in total. The van der Waals surface area contributed by atoms with Gasteiger partial charge in [0.05, 0.1) is 33.7 Å². The highest BCUT2D eigenvalue weighted by molar-refractivity contribution is 7.89. The largest absolute Gasteiger partial charge is 0.375 e. The summed E-state index contributed by atoms with van der Waals surface area (Å²) in [6, 6.07) is 4.39. The van der Waals surface area contributed by atoms with Gasteiger partial charge in [-0.15, -0.1) is 0 Å². The fraction of sp³-hybridized carbons (Fsp3) is 0.571. The molecule has 0 radical (unpaired) electrons. The van der Waals surface area contributed by atoms with Crippen LogP contribution < -0.4 is 0 Å². The summed E-state index contributed by atoms with van der Waals surface area (Å²) >= 11 is 11.8. The van der Waals surface area contributed by atoms with E-state index in [-0.39, 0.29) is 22.1 Å². The molecule has 0 bridgehead atoms. The Morgan fingerprint density at radius 3 is 2.67 bits per heavy atom. The van der Waals surface area contributed by atoms with E-state index < -0.39 is 10.0 Å². The molecule has 2 aliphatic rings. The summed E-state index contributed by atoms with van der Waals surface area (Å²) in [7, 11) is -3.56. The van der Waals surface area contributed by atoms with Gasteiger partial charge in [-0.25, -0.2) is 8.42 Å². The number of halogens is 2. The molecule has 0 aromatic heterocycles. The minimum Gasteiger partial charge on any atom is -0.375 e. The first kappa shape index (κ1) is 15.6. The summed E-state index contributed by atoms with van der Waals surface area (Å²) < 4.78 is 33.1. The van der Waals surface area contributed by atoms with Crippen LogP contribution in [0.5, 0.6) is 0 Å². The Kier molecular flexibility index (Phi) is 4.48. The van der Waals surface area contributed by atoms with Crippen molar-refractivity contribution >= 4 is 33.2 Å². The standard InChI is InChI=1S/C14H17Cl2NO3S/c15-11-6-5-10(9-12(11)16)21(18,19)17-7-8-20-14-4-2-1-3-13(14)17/h5-6,9,13-14H,1-4,7-8H2. The quantitative estimate of drug-likeness (QED) is 0.822. The molecule has 1 saturated heterocycles. The zero-order valence-corrected chi connectivity index (χ0v) is 13.8. The summed E-state index contributed by atoms with van der Waals surface area (Å²) in [5.41, 5.74) is 0. The van der Waals surface area contributed by atoms with Gasteiger partial charge in [0.1, 0.15) is 0 Å². The van der Waals surface area contributed by atoms with Gasteiger partial charge in [0.25, 0.3) is 0 Å². The van der Waals surface area contributed by atoms with E-state index in [4.69, 9.17) is 27.9 Å². The van der Waals surface area contributed by atoms with E-state index in [1.54, 1.807) is 4.31 Å². The molecule has 7 heteroatoms. The lowest BCUT2D eigenvalue weighted by molar-refractivity contribution is -0.0586. The lowest BCUT2D eigenvalue weighted by Gasteiger charge is -2.42. The van der Waals surface area contributed by atoms with Gasteiger partial charge in [0.2, 0.25) is 10.0 Å². The molecule has 2 fully saturated rings. The predicted octanol–water partition coefficient (Wildman–Crippen LogP) is 3.33. The molecule has 1 saturated carbocycles. The fourth-order valence-electron chi connectivity index (χ4n) is 3.13. The molecule has 116 valence electrons. The van der Waals surface area contributed by atoms with Gasteiger partial charge in [-0.1, -0.05) is 36.0 Å². The number of benzene rings is 1. The average Bonchev–Trinajstić information content (AvgIpc) is 2.49. The molecule has 2 atom stereocenters. The Hall–Kier alpha value is -0.330. The Labute approximate surface area is 135 Å². The Bertz CT molecular complexity index is 633. The van der Waals surface area contributed by atoms with Crippen LogP contribution >= 0.6 is 23.2 Å². The molecular weight excluding hydrogens is 333 g/mol. The molecule has 0 amide bonds. The number of hydrogen-bond donors (Lipinski definition) is 0. The highest BCUT2D eigenvalue weighted by atomic mass is 35.5. The van der Waals surface area contributed by atoms with Gasteiger partial charge < -0.3 is 4.74 Å². The van der Waals surface area contributed by atoms with Crippen molar-refractivity contribution in [3.63, 3.8) is 0 Å². The molecule has 1 heterocycles. The normalized spacial score (nSPS) is 27.3. The van der Waals surface area contributed by atoms with Crippen LogP contribution in [0.15, 0.2) is 23.1 Å². The second-order valence-electron chi connectivity index (χ2n) is 5.45. The second-order valence-corrected chi connectivity index (χ2v) is 8.16. The van der Waals surface area contributed by atoms with Gasteiger partial charge >= 0.3 is 0 Å². The maximum atomic E-state index is 12.9. The monoisotopic (exact) mass is 349 g/mol. The molecule has 1 aromatic carbocycles. The van der Waals surface area contributed by atoms with E-state index in [1.165, 1.54) is 18.2 Å². The molecule has 1 aliphatic carbocycles. The third-order valence-electron chi connectivity index (χ3n) is 4.18. The molecule has 0 spiro atoms. The second kappa shape index (κ2) is 6.05. The van der Waals surface area contributed by atoms with Crippen molar-refractivity contribution in [2.45, 2.75) is 42.7 Å². The van der Waals surface area contributed by atoms with Crippen LogP contribution in [-0.4, -0.2) is 38.0 Å². The molecule has 1 aromatic rings. The van der Waals surface area contributed by atoms with E-state index in [0.29, 0.717) is 18.2 Å². The first-order chi connectivity index (χ1) is 10.00. The van der Waals surface area contributed by atoms with Crippen molar-refractivity contribution in [1.82, 2.24) is 4.31 Å². The van der Waals surface area contributed by atoms with Crippen LogP contribution in [0, 0.1) is 0 Å². The van der Waals surface area contributed by atoms with Gasteiger partial charge in [0.15, 0.2) is 0 Å². The number of rotatable bonds is 2. The third kappa shape index (κ3) is 2.94. The lowest BCUT2D eigenvalue weighted by Crippen LogP contribution is -2.54. The van der Waals surface area contributed by atoms with Gasteiger partial charge in [-0.05, 0) is 31.0 Å². The van der Waals surface area contributed by atoms with E-state index in [9.17, 15) is 8.42 Å². The van der Waals surface area contributed by atoms with Crippen molar-refractivity contribution in [1.29, 1.82) is 0 Å². The SMILES string of the molecule is O=S(=O)(c1ccc(Cl)c(Cl)c1)N1CCOC2CCCCC21. The zero-order chi connectivity index (χ0) is 15.0. The van der Waals surface area contributed by atoms with E-state index >= 15 is 0 Å². The van der Waals surface area contributed by atoms with E-state index in [2.05, 4.69) is 0 Å². The highest BCUT2D eigenvalue weighted by Gasteiger charge is 2.40. The summed E-state index contributed by atoms with van der Waals surface area (Å²) in [5.74, 6) is 0. The van der Waals surface area contributed by atoms with Crippen molar-refractivity contribution < 1.29 is 13.2 Å². The molecule has 21 heavy (non-hydrogen) atoms. The van der Waals surface area contributed by atoms with Crippen molar-refractivity contribution in [3.05, 3.63) is 28.2 Å². The van der Waals surface area contributed by atoms with Gasteiger partial charge in [0, 0.05) is 6.54 Å². The maximum absolute atomic E-state index is 12.9. The number of sulfonamides is 1. The van der Waals surface area contributed by atoms with Crippen molar-refractivity contribution in [3.8, 4) is 0 Å².